The van der Waals surface area contributed by atoms with Crippen molar-refractivity contribution in [2.45, 2.75) is 26.7 Å². The van der Waals surface area contributed by atoms with Crippen LogP contribution in [0, 0.1) is 0 Å². The lowest BCUT2D eigenvalue weighted by Gasteiger charge is -2.07. The van der Waals surface area contributed by atoms with Gasteiger partial charge in [0.25, 0.3) is 0 Å². The van der Waals surface area contributed by atoms with E-state index in [1.54, 1.807) is 19.3 Å². The number of carbonyl (C=O) groups excluding carboxylic acids is 2. The molecule has 7 nitrogen and oxygen atoms in total. The van der Waals surface area contributed by atoms with Gasteiger partial charge in [-0.25, -0.2) is 0 Å². The first-order valence-corrected chi connectivity index (χ1v) is 13.3. The summed E-state index contributed by atoms with van der Waals surface area (Å²) in [7, 11) is 0. The predicted octanol–water partition coefficient (Wildman–Crippen LogP) is 7.44. The molecule has 1 amide bonds. The Hall–Kier alpha value is -4.56. The topological polar surface area (TPSA) is 104 Å². The van der Waals surface area contributed by atoms with Crippen LogP contribution in [0.15, 0.2) is 73.1 Å². The van der Waals surface area contributed by atoms with Crippen LogP contribution < -0.4 is 5.32 Å². The summed E-state index contributed by atoms with van der Waals surface area (Å²) in [5.74, 6) is 0.0586. The summed E-state index contributed by atoms with van der Waals surface area (Å²) < 4.78 is 0. The van der Waals surface area contributed by atoms with E-state index in [-0.39, 0.29) is 11.7 Å². The average Bonchev–Trinajstić information content (AvgIpc) is 3.66. The minimum Gasteiger partial charge on any atom is -0.353 e. The summed E-state index contributed by atoms with van der Waals surface area (Å²) in [5.41, 5.74) is 7.29. The van der Waals surface area contributed by atoms with E-state index >= 15 is 0 Å². The number of anilines is 1. The van der Waals surface area contributed by atoms with Gasteiger partial charge < -0.3 is 10.3 Å². The molecule has 0 saturated carbocycles. The van der Waals surface area contributed by atoms with Gasteiger partial charge in [0, 0.05) is 44.9 Å². The van der Waals surface area contributed by atoms with Crippen molar-refractivity contribution < 1.29 is 9.59 Å². The maximum Gasteiger partial charge on any atom is 0.224 e. The molecular weight excluding hydrogens is 494 g/mol. The molecule has 0 atom stereocenters. The second kappa shape index (κ2) is 9.72. The Bertz CT molecular complexity index is 1830. The summed E-state index contributed by atoms with van der Waals surface area (Å²) in [4.78, 5) is 33.6. The zero-order valence-electron chi connectivity index (χ0n) is 21.0. The van der Waals surface area contributed by atoms with Gasteiger partial charge in [-0.1, -0.05) is 25.1 Å². The van der Waals surface area contributed by atoms with Crippen LogP contribution in [-0.4, -0.2) is 31.9 Å². The summed E-state index contributed by atoms with van der Waals surface area (Å²) in [6.45, 7) is 3.57. The lowest BCUT2D eigenvalue weighted by atomic mass is 10.0. The van der Waals surface area contributed by atoms with Gasteiger partial charge in [-0.2, -0.15) is 5.10 Å². The standard InChI is InChI=1S/C30H25N5O2S/c1-3-5-29(37)32-20-12-19(15-31-16-20)18-8-9-25-23(13-18)30(35-34-25)26-14-22-21(6-4-7-24(22)33-26)28-11-10-27(38-28)17(2)36/h4,6-16,33H,3,5H2,1-2H3,(H,32,37)(H,34,35). The number of aromatic amines is 2. The molecule has 8 heteroatoms. The fourth-order valence-electron chi connectivity index (χ4n) is 4.69. The molecule has 0 aliphatic rings. The highest BCUT2D eigenvalue weighted by Gasteiger charge is 2.16. The lowest BCUT2D eigenvalue weighted by Crippen LogP contribution is -2.10. The summed E-state index contributed by atoms with van der Waals surface area (Å²) >= 11 is 1.51. The zero-order valence-corrected chi connectivity index (χ0v) is 21.8. The number of hydrogen-bond donors (Lipinski definition) is 3. The minimum atomic E-state index is -0.0164. The van der Waals surface area contributed by atoms with E-state index in [4.69, 9.17) is 0 Å². The molecule has 2 aromatic carbocycles. The van der Waals surface area contributed by atoms with Gasteiger partial charge in [0.2, 0.25) is 5.91 Å². The monoisotopic (exact) mass is 519 g/mol. The van der Waals surface area contributed by atoms with Crippen LogP contribution in [0.25, 0.3) is 54.8 Å². The zero-order chi connectivity index (χ0) is 26.2. The maximum atomic E-state index is 12.1. The molecule has 0 radical (unpaired) electrons. The minimum absolute atomic E-state index is 0.0164. The smallest absolute Gasteiger partial charge is 0.224 e. The largest absolute Gasteiger partial charge is 0.353 e. The van der Waals surface area contributed by atoms with E-state index in [0.717, 1.165) is 66.1 Å². The molecule has 4 heterocycles. The van der Waals surface area contributed by atoms with E-state index in [1.165, 1.54) is 11.3 Å². The van der Waals surface area contributed by atoms with Crippen LogP contribution >= 0.6 is 11.3 Å². The molecular formula is C30H25N5O2S. The van der Waals surface area contributed by atoms with Crippen molar-refractivity contribution in [3.8, 4) is 33.0 Å². The third kappa shape index (κ3) is 4.39. The fourth-order valence-corrected chi connectivity index (χ4v) is 5.63. The number of fused-ring (bicyclic) bond motifs is 2. The molecule has 188 valence electrons. The number of benzene rings is 2. The van der Waals surface area contributed by atoms with Crippen molar-refractivity contribution in [1.82, 2.24) is 20.2 Å². The number of H-pyrrole nitrogens is 2. The Morgan fingerprint density at radius 2 is 1.84 bits per heavy atom. The number of ketones is 1. The first kappa shape index (κ1) is 23.8. The van der Waals surface area contributed by atoms with Gasteiger partial charge in [0.1, 0.15) is 5.69 Å². The van der Waals surface area contributed by atoms with Crippen LogP contribution in [0.4, 0.5) is 5.69 Å². The highest BCUT2D eigenvalue weighted by atomic mass is 32.1. The number of Topliss-reactive ketones (excluding diaryl/α,β-unsaturated/α-hetero) is 1. The first-order chi connectivity index (χ1) is 18.5. The Morgan fingerprint density at radius 1 is 0.947 bits per heavy atom. The second-order valence-electron chi connectivity index (χ2n) is 9.26. The van der Waals surface area contributed by atoms with E-state index in [0.29, 0.717) is 12.1 Å². The van der Waals surface area contributed by atoms with Crippen molar-refractivity contribution in [2.75, 3.05) is 5.32 Å². The molecule has 0 aliphatic carbocycles. The number of hydrogen-bond acceptors (Lipinski definition) is 5. The van der Waals surface area contributed by atoms with Crippen LogP contribution in [0.2, 0.25) is 0 Å². The van der Waals surface area contributed by atoms with E-state index < -0.39 is 0 Å². The third-order valence-corrected chi connectivity index (χ3v) is 7.75. The number of carbonyl (C=O) groups is 2. The molecule has 6 aromatic rings. The van der Waals surface area contributed by atoms with Crippen LogP contribution in [0.1, 0.15) is 36.4 Å². The molecule has 3 N–H and O–H groups in total. The maximum absolute atomic E-state index is 12.1. The third-order valence-electron chi connectivity index (χ3n) is 6.53. The van der Waals surface area contributed by atoms with Crippen molar-refractivity contribution in [3.63, 3.8) is 0 Å². The SMILES string of the molecule is CCCC(=O)Nc1cncc(-c2ccc3[nH]nc(-c4cc5c(-c6ccc(C(C)=O)s6)cccc5[nH]4)c3c2)c1. The van der Waals surface area contributed by atoms with Crippen LogP contribution in [0.5, 0.6) is 0 Å². The molecule has 0 fully saturated rings. The number of pyridine rings is 1. The number of rotatable bonds is 7. The van der Waals surface area contributed by atoms with Gasteiger partial charge in [0.15, 0.2) is 5.78 Å². The Labute approximate surface area is 222 Å². The number of thiophene rings is 1. The molecule has 0 spiro atoms. The van der Waals surface area contributed by atoms with Gasteiger partial charge in [-0.05, 0) is 61.4 Å². The van der Waals surface area contributed by atoms with E-state index in [9.17, 15) is 9.59 Å². The molecule has 0 saturated heterocycles. The van der Waals surface area contributed by atoms with Crippen molar-refractivity contribution in [1.29, 1.82) is 0 Å². The summed E-state index contributed by atoms with van der Waals surface area (Å²) in [6.07, 6.45) is 4.72. The molecule has 6 rings (SSSR count). The highest BCUT2D eigenvalue weighted by molar-refractivity contribution is 7.17. The lowest BCUT2D eigenvalue weighted by molar-refractivity contribution is -0.116. The Morgan fingerprint density at radius 3 is 2.66 bits per heavy atom. The van der Waals surface area contributed by atoms with Gasteiger partial charge >= 0.3 is 0 Å². The molecule has 38 heavy (non-hydrogen) atoms. The summed E-state index contributed by atoms with van der Waals surface area (Å²) in [6, 6.07) is 20.2. The molecule has 0 aliphatic heterocycles. The summed E-state index contributed by atoms with van der Waals surface area (Å²) in [5, 5.41) is 12.8. The molecule has 0 unspecified atom stereocenters. The number of aromatic nitrogens is 4. The molecule has 0 bridgehead atoms. The number of nitrogens with one attached hydrogen (secondary N) is 3. The normalized spacial score (nSPS) is 11.3. The second-order valence-corrected chi connectivity index (χ2v) is 10.3. The van der Waals surface area contributed by atoms with E-state index in [1.807, 2.05) is 49.4 Å². The average molecular weight is 520 g/mol. The van der Waals surface area contributed by atoms with Crippen LogP contribution in [0.3, 0.4) is 0 Å². The predicted molar refractivity (Wildman–Crippen MR) is 153 cm³/mol. The van der Waals surface area contributed by atoms with Gasteiger partial charge in [0.05, 0.1) is 28.0 Å². The Kier molecular flexibility index (Phi) is 6.09. The Balaban J connectivity index is 1.39. The van der Waals surface area contributed by atoms with Crippen molar-refractivity contribution in [2.24, 2.45) is 0 Å². The van der Waals surface area contributed by atoms with Crippen molar-refractivity contribution in [3.05, 3.63) is 77.9 Å². The number of nitrogens with zero attached hydrogens (tertiary/aromatic N) is 2. The molecule has 4 aromatic heterocycles. The van der Waals surface area contributed by atoms with E-state index in [2.05, 4.69) is 43.7 Å². The van der Waals surface area contributed by atoms with Gasteiger partial charge in [-0.15, -0.1) is 11.3 Å². The highest BCUT2D eigenvalue weighted by Crippen LogP contribution is 2.37. The fraction of sp³-hybridized carbons (Fsp3) is 0.133. The van der Waals surface area contributed by atoms with Crippen molar-refractivity contribution >= 4 is 50.5 Å². The van der Waals surface area contributed by atoms with Gasteiger partial charge in [-0.3, -0.25) is 19.7 Å². The number of amides is 1. The van der Waals surface area contributed by atoms with Crippen LogP contribution in [-0.2, 0) is 4.79 Å². The quantitative estimate of drug-likeness (QED) is 0.191. The first-order valence-electron chi connectivity index (χ1n) is 12.5.